The van der Waals surface area contributed by atoms with Crippen LogP contribution in [-0.2, 0) is 4.79 Å². The average Bonchev–Trinajstić information content (AvgIpc) is 2.95. The third kappa shape index (κ3) is 4.20. The predicted molar refractivity (Wildman–Crippen MR) is 75.8 cm³/mol. The lowest BCUT2D eigenvalue weighted by molar-refractivity contribution is -0.145. The number of carbonyl (C=O) groups is 1. The first-order valence-corrected chi connectivity index (χ1v) is 7.82. The van der Waals surface area contributed by atoms with E-state index in [9.17, 15) is 18.0 Å². The molecule has 0 spiro atoms. The molecule has 0 radical (unpaired) electrons. The van der Waals surface area contributed by atoms with Gasteiger partial charge >= 0.3 is 6.18 Å². The lowest BCUT2D eigenvalue weighted by Gasteiger charge is -2.23. The molecule has 1 aliphatic rings. The van der Waals surface area contributed by atoms with E-state index in [-0.39, 0.29) is 12.5 Å². The largest absolute Gasteiger partial charge is 0.390 e. The minimum Gasteiger partial charge on any atom is -0.320 e. The predicted octanol–water partition coefficient (Wildman–Crippen LogP) is 3.55. The fraction of sp³-hybridized carbons (Fsp3) is 0.643. The van der Waals surface area contributed by atoms with Crippen LogP contribution in [0.15, 0.2) is 17.5 Å². The second-order valence-corrected chi connectivity index (χ2v) is 6.64. The Morgan fingerprint density at radius 3 is 2.67 bits per heavy atom. The Hall–Kier alpha value is -1.08. The van der Waals surface area contributed by atoms with Crippen LogP contribution in [0.2, 0.25) is 0 Å². The number of nitrogens with one attached hydrogen (secondary N) is 1. The maximum absolute atomic E-state index is 12.5. The van der Waals surface area contributed by atoms with Gasteiger partial charge in [0.2, 0.25) is 5.91 Å². The summed E-state index contributed by atoms with van der Waals surface area (Å²) < 4.78 is 37.4. The van der Waals surface area contributed by atoms with Gasteiger partial charge in [-0.25, -0.2) is 0 Å². The Morgan fingerprint density at radius 1 is 1.43 bits per heavy atom. The van der Waals surface area contributed by atoms with Crippen molar-refractivity contribution < 1.29 is 18.0 Å². The summed E-state index contributed by atoms with van der Waals surface area (Å²) in [7, 11) is 0. The van der Waals surface area contributed by atoms with E-state index in [4.69, 9.17) is 0 Å². The van der Waals surface area contributed by atoms with Gasteiger partial charge in [-0.05, 0) is 23.8 Å². The molecule has 7 heteroatoms. The van der Waals surface area contributed by atoms with Crippen molar-refractivity contribution in [3.05, 3.63) is 22.4 Å². The minimum atomic E-state index is -4.25. The van der Waals surface area contributed by atoms with Crippen molar-refractivity contribution >= 4 is 17.2 Å². The number of carbonyl (C=O) groups excluding carboxylic acids is 1. The molecule has 2 heterocycles. The third-order valence-corrected chi connectivity index (χ3v) is 4.33. The summed E-state index contributed by atoms with van der Waals surface area (Å²) in [6, 6.07) is 3.28. The number of hydrogen-bond acceptors (Lipinski definition) is 3. The Balaban J connectivity index is 2.14. The van der Waals surface area contributed by atoms with Gasteiger partial charge in [-0.15, -0.1) is 11.3 Å². The van der Waals surface area contributed by atoms with Crippen LogP contribution in [0.1, 0.15) is 37.7 Å². The number of halogens is 3. The molecule has 21 heavy (non-hydrogen) atoms. The monoisotopic (exact) mass is 320 g/mol. The Labute approximate surface area is 126 Å². The van der Waals surface area contributed by atoms with Crippen LogP contribution < -0.4 is 5.32 Å². The van der Waals surface area contributed by atoms with Crippen molar-refractivity contribution in [3.63, 3.8) is 0 Å². The Bertz CT molecular complexity index is 473. The molecular formula is C14H19F3N2OS. The van der Waals surface area contributed by atoms with E-state index in [1.165, 1.54) is 16.2 Å². The molecule has 0 aromatic carbocycles. The summed E-state index contributed by atoms with van der Waals surface area (Å²) in [5, 5.41) is 5.04. The standard InChI is InChI=1S/C14H19F3N2OS/c1-9(2)8-10-13(20)19(6-5-14(15,16)17)12(18-10)11-4-3-7-21-11/h3-4,7,9-10,12,18H,5-6,8H2,1-2H3. The van der Waals surface area contributed by atoms with Crippen molar-refractivity contribution in [2.75, 3.05) is 6.54 Å². The van der Waals surface area contributed by atoms with E-state index in [1.54, 1.807) is 0 Å². The van der Waals surface area contributed by atoms with Crippen LogP contribution in [0.4, 0.5) is 13.2 Å². The van der Waals surface area contributed by atoms with E-state index < -0.39 is 24.8 Å². The summed E-state index contributed by atoms with van der Waals surface area (Å²) in [6.45, 7) is 3.69. The zero-order valence-electron chi connectivity index (χ0n) is 12.0. The van der Waals surface area contributed by atoms with Crippen LogP contribution in [0, 0.1) is 5.92 Å². The van der Waals surface area contributed by atoms with Crippen molar-refractivity contribution in [1.29, 1.82) is 0 Å². The van der Waals surface area contributed by atoms with Gasteiger partial charge in [0.25, 0.3) is 0 Å². The molecule has 0 saturated carbocycles. The molecule has 2 unspecified atom stereocenters. The molecule has 0 bridgehead atoms. The summed E-state index contributed by atoms with van der Waals surface area (Å²) in [6.07, 6.45) is -5.04. The van der Waals surface area contributed by atoms with E-state index in [0.29, 0.717) is 12.3 Å². The SMILES string of the molecule is CC(C)CC1NC(c2cccs2)N(CCC(F)(F)F)C1=O. The molecule has 2 atom stereocenters. The van der Waals surface area contributed by atoms with Crippen LogP contribution in [-0.4, -0.2) is 29.6 Å². The zero-order chi connectivity index (χ0) is 15.6. The molecule has 1 N–H and O–H groups in total. The molecule has 1 saturated heterocycles. The fourth-order valence-electron chi connectivity index (χ4n) is 2.49. The maximum atomic E-state index is 12.5. The van der Waals surface area contributed by atoms with Crippen LogP contribution in [0.3, 0.4) is 0 Å². The van der Waals surface area contributed by atoms with Gasteiger partial charge in [-0.3, -0.25) is 10.1 Å². The first-order chi connectivity index (χ1) is 9.78. The Morgan fingerprint density at radius 2 is 2.14 bits per heavy atom. The lowest BCUT2D eigenvalue weighted by Crippen LogP contribution is -2.34. The van der Waals surface area contributed by atoms with Crippen LogP contribution in [0.25, 0.3) is 0 Å². The van der Waals surface area contributed by atoms with Crippen molar-refractivity contribution in [3.8, 4) is 0 Å². The van der Waals surface area contributed by atoms with Crippen molar-refractivity contribution in [2.45, 2.75) is 45.1 Å². The molecule has 2 rings (SSSR count). The number of alkyl halides is 3. The van der Waals surface area contributed by atoms with E-state index in [0.717, 1.165) is 4.88 Å². The number of nitrogens with zero attached hydrogens (tertiary/aromatic N) is 1. The zero-order valence-corrected chi connectivity index (χ0v) is 12.8. The van der Waals surface area contributed by atoms with E-state index >= 15 is 0 Å². The molecule has 1 aliphatic heterocycles. The number of thiophene rings is 1. The van der Waals surface area contributed by atoms with E-state index in [2.05, 4.69) is 5.32 Å². The highest BCUT2D eigenvalue weighted by Crippen LogP contribution is 2.32. The molecule has 1 aromatic rings. The lowest BCUT2D eigenvalue weighted by atomic mass is 10.0. The number of hydrogen-bond donors (Lipinski definition) is 1. The molecule has 0 aliphatic carbocycles. The Kier molecular flexibility index (Phi) is 4.93. The first-order valence-electron chi connectivity index (χ1n) is 6.94. The van der Waals surface area contributed by atoms with Gasteiger partial charge in [-0.2, -0.15) is 13.2 Å². The summed E-state index contributed by atoms with van der Waals surface area (Å²) in [4.78, 5) is 14.6. The van der Waals surface area contributed by atoms with Crippen LogP contribution >= 0.6 is 11.3 Å². The van der Waals surface area contributed by atoms with E-state index in [1.807, 2.05) is 31.4 Å². The van der Waals surface area contributed by atoms with Gasteiger partial charge in [0, 0.05) is 11.4 Å². The second kappa shape index (κ2) is 6.36. The fourth-order valence-corrected chi connectivity index (χ4v) is 3.28. The third-order valence-electron chi connectivity index (χ3n) is 3.41. The highest BCUT2D eigenvalue weighted by atomic mass is 32.1. The molecule has 1 fully saturated rings. The molecule has 118 valence electrons. The van der Waals surface area contributed by atoms with Crippen molar-refractivity contribution in [2.24, 2.45) is 5.92 Å². The average molecular weight is 320 g/mol. The normalized spacial score (nSPS) is 23.3. The molecule has 1 amide bonds. The molecule has 1 aromatic heterocycles. The van der Waals surface area contributed by atoms with Gasteiger partial charge in [-0.1, -0.05) is 19.9 Å². The maximum Gasteiger partial charge on any atom is 0.390 e. The number of amides is 1. The van der Waals surface area contributed by atoms with Gasteiger partial charge < -0.3 is 4.90 Å². The number of rotatable bonds is 5. The topological polar surface area (TPSA) is 32.3 Å². The molecular weight excluding hydrogens is 301 g/mol. The van der Waals surface area contributed by atoms with Crippen molar-refractivity contribution in [1.82, 2.24) is 10.2 Å². The minimum absolute atomic E-state index is 0.230. The highest BCUT2D eigenvalue weighted by molar-refractivity contribution is 7.10. The smallest absolute Gasteiger partial charge is 0.320 e. The summed E-state index contributed by atoms with van der Waals surface area (Å²) in [5.41, 5.74) is 0. The quantitative estimate of drug-likeness (QED) is 0.900. The van der Waals surface area contributed by atoms with Gasteiger partial charge in [0.1, 0.15) is 6.17 Å². The summed E-state index contributed by atoms with van der Waals surface area (Å²) >= 11 is 1.44. The second-order valence-electron chi connectivity index (χ2n) is 5.66. The highest BCUT2D eigenvalue weighted by Gasteiger charge is 2.41. The van der Waals surface area contributed by atoms with Gasteiger partial charge in [0.05, 0.1) is 12.5 Å². The first kappa shape index (κ1) is 16.3. The summed E-state index contributed by atoms with van der Waals surface area (Å²) in [5.74, 6) is 0.0735. The van der Waals surface area contributed by atoms with Gasteiger partial charge in [0.15, 0.2) is 0 Å². The van der Waals surface area contributed by atoms with Crippen LogP contribution in [0.5, 0.6) is 0 Å². The molecule has 3 nitrogen and oxygen atoms in total.